The summed E-state index contributed by atoms with van der Waals surface area (Å²) in [5, 5.41) is 0. The fraction of sp³-hybridized carbons (Fsp3) is 0.700. The molecular formula is C20H30Cl12Si4. The molecule has 1 rings (SSSR count). The minimum Gasteiger partial charge on any atom is -0.125 e. The topological polar surface area (TPSA) is 0 Å². The maximum Gasteiger partial charge on any atom is 0.348 e. The van der Waals surface area contributed by atoms with Gasteiger partial charge in [0.05, 0.1) is 0 Å². The van der Waals surface area contributed by atoms with Crippen LogP contribution in [0.2, 0.25) is 0 Å². The maximum absolute atomic E-state index is 6.68. The van der Waals surface area contributed by atoms with Crippen molar-refractivity contribution in [2.24, 2.45) is 0 Å². The lowest BCUT2D eigenvalue weighted by atomic mass is 9.79. The summed E-state index contributed by atoms with van der Waals surface area (Å²) in [6.07, 6.45) is 3.16. The van der Waals surface area contributed by atoms with Gasteiger partial charge in [-0.05, 0) is 46.2 Å². The van der Waals surface area contributed by atoms with Crippen molar-refractivity contribution in [3.05, 3.63) is 33.4 Å². The number of halogens is 12. The van der Waals surface area contributed by atoms with E-state index in [0.29, 0.717) is 0 Å². The summed E-state index contributed by atoms with van der Waals surface area (Å²) in [4.78, 5) is 0. The van der Waals surface area contributed by atoms with Crippen molar-refractivity contribution in [2.75, 3.05) is 0 Å². The Hall–Kier alpha value is 3.57. The van der Waals surface area contributed by atoms with Crippen LogP contribution in [0, 0.1) is 0 Å². The van der Waals surface area contributed by atoms with E-state index in [-0.39, 0.29) is 0 Å². The van der Waals surface area contributed by atoms with Crippen molar-refractivity contribution >= 4 is 157 Å². The third kappa shape index (κ3) is 9.28. The highest BCUT2D eigenvalue weighted by Crippen LogP contribution is 2.54. The van der Waals surface area contributed by atoms with Crippen LogP contribution in [0.5, 0.6) is 0 Å². The zero-order chi connectivity index (χ0) is 28.6. The van der Waals surface area contributed by atoms with Gasteiger partial charge in [0.15, 0.2) is 0 Å². The maximum atomic E-state index is 6.68. The lowest BCUT2D eigenvalue weighted by Crippen LogP contribution is -2.35. The second-order valence-corrected chi connectivity index (χ2v) is 45.4. The molecule has 0 spiro atoms. The van der Waals surface area contributed by atoms with Gasteiger partial charge in [0, 0.05) is 22.2 Å². The highest BCUT2D eigenvalue weighted by Gasteiger charge is 2.49. The number of rotatable bonds is 12. The van der Waals surface area contributed by atoms with Gasteiger partial charge in [0.2, 0.25) is 0 Å². The van der Waals surface area contributed by atoms with Crippen LogP contribution >= 0.6 is 133 Å². The van der Waals surface area contributed by atoms with E-state index < -0.39 is 46.2 Å². The van der Waals surface area contributed by atoms with Gasteiger partial charge < -0.3 is 0 Å². The predicted molar refractivity (Wildman–Crippen MR) is 181 cm³/mol. The van der Waals surface area contributed by atoms with Gasteiger partial charge in [0.1, 0.15) is 0 Å². The minimum atomic E-state index is -3.36. The third-order valence-electron chi connectivity index (χ3n) is 6.58. The Labute approximate surface area is 276 Å². The van der Waals surface area contributed by atoms with Crippen LogP contribution in [0.3, 0.4) is 0 Å². The second-order valence-electron chi connectivity index (χ2n) is 9.17. The lowest BCUT2D eigenvalue weighted by molar-refractivity contribution is 0.786. The molecule has 0 aliphatic rings. The molecule has 0 fully saturated rings. The van der Waals surface area contributed by atoms with Crippen LogP contribution in [0.25, 0.3) is 0 Å². The standard InChI is InChI=1S/C20H30Cl12Si4/c1-7-9-15-16(10-8-2)18(12(4)34(24,25)26)20(14(6)36(30,31)32)19(13(5)35(27,28)29)17(15)11(3)33(21,22)23/h11-14H,7-10H2,1-6H3. The summed E-state index contributed by atoms with van der Waals surface area (Å²) in [6.45, 7) is 11.8. The number of hydrogen-bond acceptors (Lipinski definition) is 0. The molecule has 1 aromatic rings. The van der Waals surface area contributed by atoms with Crippen LogP contribution in [0.4, 0.5) is 0 Å². The van der Waals surface area contributed by atoms with Crippen molar-refractivity contribution in [3.8, 4) is 0 Å². The summed E-state index contributed by atoms with van der Waals surface area (Å²) in [5.74, 6) is 0. The Morgan fingerprint density at radius 1 is 0.417 bits per heavy atom. The van der Waals surface area contributed by atoms with E-state index in [4.69, 9.17) is 133 Å². The molecule has 0 radical (unpaired) electrons. The third-order valence-corrected chi connectivity index (χ3v) is 23.4. The first-order chi connectivity index (χ1) is 16.0. The highest BCUT2D eigenvalue weighted by molar-refractivity contribution is 7.66. The molecule has 1 aromatic carbocycles. The Kier molecular flexibility index (Phi) is 15.0. The van der Waals surface area contributed by atoms with Crippen LogP contribution in [0.15, 0.2) is 0 Å². The van der Waals surface area contributed by atoms with Gasteiger partial charge in [-0.1, -0.05) is 54.4 Å². The average Bonchev–Trinajstić information content (AvgIpc) is 2.69. The molecule has 0 aliphatic carbocycles. The van der Waals surface area contributed by atoms with E-state index in [1.54, 1.807) is 0 Å². The molecule has 36 heavy (non-hydrogen) atoms. The molecule has 0 nitrogen and oxygen atoms in total. The molecule has 0 saturated carbocycles. The zero-order valence-electron chi connectivity index (χ0n) is 20.7. The van der Waals surface area contributed by atoms with Crippen LogP contribution in [-0.2, 0) is 12.8 Å². The molecule has 0 N–H and O–H groups in total. The highest BCUT2D eigenvalue weighted by atomic mass is 35.9. The van der Waals surface area contributed by atoms with E-state index in [2.05, 4.69) is 13.8 Å². The van der Waals surface area contributed by atoms with Crippen molar-refractivity contribution in [1.82, 2.24) is 0 Å². The normalized spacial score (nSPS) is 17.2. The van der Waals surface area contributed by atoms with E-state index in [0.717, 1.165) is 59.1 Å². The summed E-state index contributed by atoms with van der Waals surface area (Å²) < 4.78 is 0. The second kappa shape index (κ2) is 14.4. The summed E-state index contributed by atoms with van der Waals surface area (Å²) in [6, 6.07) is -13.3. The SMILES string of the molecule is CCCc1c(CCC)c(C(C)[Si](Cl)(Cl)Cl)c(C(C)[Si](Cl)(Cl)Cl)c(C(C)[Si](Cl)(Cl)Cl)c1C(C)[Si](Cl)(Cl)Cl. The van der Waals surface area contributed by atoms with Gasteiger partial charge in [-0.2, -0.15) is 0 Å². The molecule has 0 aliphatic heterocycles. The van der Waals surface area contributed by atoms with Crippen molar-refractivity contribution in [1.29, 1.82) is 0 Å². The average molecular weight is 808 g/mol. The molecule has 210 valence electrons. The van der Waals surface area contributed by atoms with Gasteiger partial charge in [-0.15, -0.1) is 133 Å². The first kappa shape index (κ1) is 37.6. The summed E-state index contributed by atoms with van der Waals surface area (Å²) in [5.41, 5.74) is 3.71. The summed E-state index contributed by atoms with van der Waals surface area (Å²) >= 11 is 80.0. The predicted octanol–water partition coefficient (Wildman–Crippen LogP) is 12.8. The lowest BCUT2D eigenvalue weighted by Gasteiger charge is -2.39. The van der Waals surface area contributed by atoms with Crippen LogP contribution in [0.1, 0.15) is 110 Å². The number of hydrogen-bond donors (Lipinski definition) is 0. The molecule has 0 heterocycles. The fourth-order valence-electron chi connectivity index (χ4n) is 4.59. The Balaban J connectivity index is 4.69. The largest absolute Gasteiger partial charge is 0.348 e. The molecule has 0 bridgehead atoms. The van der Waals surface area contributed by atoms with Crippen molar-refractivity contribution < 1.29 is 0 Å². The van der Waals surface area contributed by atoms with Gasteiger partial charge >= 0.3 is 24.0 Å². The molecule has 4 unspecified atom stereocenters. The van der Waals surface area contributed by atoms with E-state index in [1.165, 1.54) is 0 Å². The Morgan fingerprint density at radius 3 is 0.778 bits per heavy atom. The zero-order valence-corrected chi connectivity index (χ0v) is 33.7. The Morgan fingerprint density at radius 2 is 0.611 bits per heavy atom. The van der Waals surface area contributed by atoms with Gasteiger partial charge in [0.25, 0.3) is 0 Å². The van der Waals surface area contributed by atoms with Crippen LogP contribution in [-0.4, -0.2) is 24.0 Å². The van der Waals surface area contributed by atoms with E-state index in [9.17, 15) is 0 Å². The van der Waals surface area contributed by atoms with Gasteiger partial charge in [-0.25, -0.2) is 0 Å². The first-order valence-electron chi connectivity index (χ1n) is 11.5. The van der Waals surface area contributed by atoms with Crippen molar-refractivity contribution in [3.63, 3.8) is 0 Å². The molecule has 0 amide bonds. The minimum absolute atomic E-state index is 0.407. The van der Waals surface area contributed by atoms with Crippen LogP contribution < -0.4 is 0 Å². The molecule has 4 atom stereocenters. The summed E-state index contributed by atoms with van der Waals surface area (Å²) in [7, 11) is 0. The van der Waals surface area contributed by atoms with Crippen molar-refractivity contribution in [2.45, 2.75) is 89.4 Å². The molecule has 16 heteroatoms. The monoisotopic (exact) mass is 802 g/mol. The molecule has 0 aromatic heterocycles. The molecule has 0 saturated heterocycles. The smallest absolute Gasteiger partial charge is 0.125 e. The number of benzene rings is 1. The van der Waals surface area contributed by atoms with E-state index >= 15 is 0 Å². The molecular weight excluding hydrogens is 778 g/mol. The first-order valence-corrected chi connectivity index (χ1v) is 32.0. The fourth-order valence-corrected chi connectivity index (χ4v) is 11.1. The Bertz CT molecular complexity index is 830. The van der Waals surface area contributed by atoms with E-state index in [1.807, 2.05) is 27.7 Å². The quantitative estimate of drug-likeness (QED) is 0.146. The van der Waals surface area contributed by atoms with Gasteiger partial charge in [-0.3, -0.25) is 0 Å².